The second-order valence-electron chi connectivity index (χ2n) is 11.1. The van der Waals surface area contributed by atoms with E-state index in [-0.39, 0.29) is 23.0 Å². The van der Waals surface area contributed by atoms with Crippen LogP contribution in [0.1, 0.15) is 91.8 Å². The molecule has 1 aliphatic heterocycles. The summed E-state index contributed by atoms with van der Waals surface area (Å²) in [5.74, 6) is 0.996. The molecule has 0 aromatic carbocycles. The van der Waals surface area contributed by atoms with Gasteiger partial charge in [-0.2, -0.15) is 14.4 Å². The molecule has 7 atom stereocenters. The highest BCUT2D eigenvalue weighted by Crippen LogP contribution is 2.55. The summed E-state index contributed by atoms with van der Waals surface area (Å²) in [7, 11) is 0. The fraction of sp³-hybridized carbons (Fsp3) is 1.00. The largest absolute Gasteiger partial charge is 0.391 e. The predicted octanol–water partition coefficient (Wildman–Crippen LogP) is 5.00. The molecular weight excluding hydrogens is 334 g/mol. The van der Waals surface area contributed by atoms with Gasteiger partial charge in [-0.15, -0.1) is 11.6 Å². The van der Waals surface area contributed by atoms with E-state index in [0.717, 1.165) is 25.7 Å². The van der Waals surface area contributed by atoms with Crippen molar-refractivity contribution in [2.75, 3.05) is 0 Å². The standard InChI is InChI=1S/C20H36ClN3O/c1-19(2,3)12-9-14(20(4,5)6)18(25)17(10-12)24-22-15-8-7-13(21)11-16(15)23(22)24/h12-18,25H,7-11H2,1-6H3. The molecule has 2 aliphatic carbocycles. The number of fused-ring (bicyclic) bond motifs is 4. The number of halogens is 1. The Labute approximate surface area is 157 Å². The monoisotopic (exact) mass is 369 g/mol. The fourth-order valence-electron chi connectivity index (χ4n) is 5.64. The van der Waals surface area contributed by atoms with Gasteiger partial charge in [-0.05, 0) is 54.8 Å². The lowest BCUT2D eigenvalue weighted by Crippen LogP contribution is -2.46. The third-order valence-electron chi connectivity index (χ3n) is 7.41. The molecule has 7 unspecified atom stereocenters. The molecule has 0 spiro atoms. The molecule has 4 rings (SSSR count). The van der Waals surface area contributed by atoms with Crippen LogP contribution in [0.3, 0.4) is 0 Å². The van der Waals surface area contributed by atoms with Crippen LogP contribution in [0.15, 0.2) is 0 Å². The van der Waals surface area contributed by atoms with E-state index < -0.39 is 0 Å². The number of aliphatic hydroxyl groups is 1. The SMILES string of the molecule is CC(C)(C)C1CC(n2n3n2C2CC(Cl)CCC23)C(O)C(C(C)(C)C)C1. The summed E-state index contributed by atoms with van der Waals surface area (Å²) >= 11 is 6.41. The summed E-state index contributed by atoms with van der Waals surface area (Å²) in [6, 6.07) is 1.43. The molecule has 144 valence electrons. The van der Waals surface area contributed by atoms with E-state index in [2.05, 4.69) is 55.9 Å². The molecule has 2 fully saturated rings. The van der Waals surface area contributed by atoms with Crippen LogP contribution < -0.4 is 0 Å². The minimum absolute atomic E-state index is 0.134. The van der Waals surface area contributed by atoms with Gasteiger partial charge in [0.05, 0.1) is 24.2 Å². The number of rotatable bonds is 1. The van der Waals surface area contributed by atoms with Crippen molar-refractivity contribution < 1.29 is 5.11 Å². The molecule has 4 nitrogen and oxygen atoms in total. The molecular formula is C20H36ClN3O. The van der Waals surface area contributed by atoms with Crippen LogP contribution in [-0.2, 0) is 0 Å². The molecule has 1 aromatic heterocycles. The Morgan fingerprint density at radius 2 is 1.36 bits per heavy atom. The lowest BCUT2D eigenvalue weighted by Gasteiger charge is -2.47. The van der Waals surface area contributed by atoms with Crippen molar-refractivity contribution in [1.29, 1.82) is 0 Å². The van der Waals surface area contributed by atoms with Gasteiger partial charge in [0.15, 0.2) is 0 Å². The summed E-state index contributed by atoms with van der Waals surface area (Å²) in [6.45, 7) is 14.0. The molecule has 1 N–H and O–H groups in total. The number of hydrogen-bond acceptors (Lipinski definition) is 1. The van der Waals surface area contributed by atoms with Gasteiger partial charge >= 0.3 is 0 Å². The molecule has 0 amide bonds. The minimum atomic E-state index is -0.252. The van der Waals surface area contributed by atoms with E-state index in [9.17, 15) is 5.11 Å². The molecule has 25 heavy (non-hydrogen) atoms. The number of alkyl halides is 1. The number of aliphatic hydroxyl groups excluding tert-OH is 1. The Morgan fingerprint density at radius 3 is 1.96 bits per heavy atom. The zero-order chi connectivity index (χ0) is 18.3. The van der Waals surface area contributed by atoms with Crippen LogP contribution in [0.25, 0.3) is 0 Å². The number of hydrogen-bond donors (Lipinski definition) is 1. The molecule has 0 radical (unpaired) electrons. The lowest BCUT2D eigenvalue weighted by atomic mass is 9.61. The molecule has 1 aromatic rings. The topological polar surface area (TPSA) is 35.0 Å². The van der Waals surface area contributed by atoms with Gasteiger partial charge in [0.1, 0.15) is 0 Å². The lowest BCUT2D eigenvalue weighted by molar-refractivity contribution is -0.0641. The molecule has 3 aliphatic rings. The van der Waals surface area contributed by atoms with Crippen LogP contribution in [0.5, 0.6) is 0 Å². The molecule has 2 saturated carbocycles. The molecule has 2 heterocycles. The van der Waals surface area contributed by atoms with Crippen molar-refractivity contribution in [3.8, 4) is 0 Å². The van der Waals surface area contributed by atoms with Crippen LogP contribution in [0.2, 0.25) is 0 Å². The summed E-state index contributed by atoms with van der Waals surface area (Å²) in [4.78, 5) is 7.23. The zero-order valence-corrected chi connectivity index (χ0v) is 17.5. The first kappa shape index (κ1) is 18.0. The van der Waals surface area contributed by atoms with Gasteiger partial charge in [0.2, 0.25) is 0 Å². The second kappa shape index (κ2) is 5.58. The highest BCUT2D eigenvalue weighted by molar-refractivity contribution is 6.20. The number of nitrogens with zero attached hydrogens (tertiary/aromatic N) is 3. The van der Waals surface area contributed by atoms with Crippen LogP contribution in [0, 0.1) is 22.7 Å². The average molecular weight is 370 g/mol. The van der Waals surface area contributed by atoms with Crippen LogP contribution in [-0.4, -0.2) is 31.0 Å². The fourth-order valence-corrected chi connectivity index (χ4v) is 5.95. The van der Waals surface area contributed by atoms with Gasteiger partial charge in [-0.25, -0.2) is 0 Å². The smallest absolute Gasteiger partial charge is 0.0972 e. The Morgan fingerprint density at radius 1 is 0.760 bits per heavy atom. The highest BCUT2D eigenvalue weighted by atomic mass is 35.5. The van der Waals surface area contributed by atoms with Gasteiger partial charge in [0, 0.05) is 5.38 Å². The molecule has 0 saturated heterocycles. The van der Waals surface area contributed by atoms with E-state index in [4.69, 9.17) is 11.6 Å². The maximum atomic E-state index is 11.3. The quantitative estimate of drug-likeness (QED) is 0.694. The van der Waals surface area contributed by atoms with Gasteiger partial charge in [-0.1, -0.05) is 41.5 Å². The Hall–Kier alpha value is -0.350. The normalized spacial score (nSPS) is 42.0. The van der Waals surface area contributed by atoms with Crippen molar-refractivity contribution in [2.45, 2.75) is 103 Å². The van der Waals surface area contributed by atoms with Crippen molar-refractivity contribution in [1.82, 2.24) is 14.4 Å². The van der Waals surface area contributed by atoms with E-state index in [1.54, 1.807) is 0 Å². The van der Waals surface area contributed by atoms with E-state index >= 15 is 0 Å². The van der Waals surface area contributed by atoms with Crippen LogP contribution >= 0.6 is 11.6 Å². The van der Waals surface area contributed by atoms with Crippen LogP contribution in [0.4, 0.5) is 0 Å². The van der Waals surface area contributed by atoms with Gasteiger partial charge in [0.25, 0.3) is 0 Å². The summed E-state index contributed by atoms with van der Waals surface area (Å²) < 4.78 is 0. The second-order valence-corrected chi connectivity index (χ2v) is 11.7. The third kappa shape index (κ3) is 2.82. The first-order valence-corrected chi connectivity index (χ1v) is 10.6. The minimum Gasteiger partial charge on any atom is -0.391 e. The van der Waals surface area contributed by atoms with Crippen molar-refractivity contribution in [2.24, 2.45) is 22.7 Å². The first-order chi connectivity index (χ1) is 11.5. The summed E-state index contributed by atoms with van der Waals surface area (Å²) in [5, 5.41) is 11.6. The summed E-state index contributed by atoms with van der Waals surface area (Å²) in [6.07, 6.45) is 5.39. The Balaban J connectivity index is 1.61. The van der Waals surface area contributed by atoms with Gasteiger partial charge < -0.3 is 5.11 Å². The zero-order valence-electron chi connectivity index (χ0n) is 16.7. The Kier molecular flexibility index (Phi) is 4.02. The highest BCUT2D eigenvalue weighted by Gasteiger charge is 2.55. The van der Waals surface area contributed by atoms with E-state index in [1.807, 2.05) is 0 Å². The van der Waals surface area contributed by atoms with E-state index in [1.165, 1.54) is 6.42 Å². The molecule has 0 bridgehead atoms. The third-order valence-corrected chi connectivity index (χ3v) is 7.81. The summed E-state index contributed by atoms with van der Waals surface area (Å²) in [5.41, 5.74) is 0.422. The number of aromatic nitrogens is 3. The average Bonchev–Trinajstić information content (AvgIpc) is 3.12. The van der Waals surface area contributed by atoms with Crippen molar-refractivity contribution >= 4 is 11.6 Å². The van der Waals surface area contributed by atoms with E-state index in [0.29, 0.717) is 29.3 Å². The first-order valence-electron chi connectivity index (χ1n) is 10.2. The molecule has 5 heteroatoms. The van der Waals surface area contributed by atoms with Crippen molar-refractivity contribution in [3.63, 3.8) is 0 Å². The van der Waals surface area contributed by atoms with Gasteiger partial charge in [-0.3, -0.25) is 0 Å². The maximum Gasteiger partial charge on any atom is 0.0972 e. The van der Waals surface area contributed by atoms with Crippen molar-refractivity contribution in [3.05, 3.63) is 0 Å². The predicted molar refractivity (Wildman–Crippen MR) is 102 cm³/mol. The maximum absolute atomic E-state index is 11.3. The Bertz CT molecular complexity index is 628.